The number of aromatic nitrogens is 2. The zero-order valence-corrected chi connectivity index (χ0v) is 38.8. The number of ether oxygens (including phenoxy) is 2. The molecule has 1 heterocycles. The van der Waals surface area contributed by atoms with Gasteiger partial charge in [-0.05, 0) is 118 Å². The fraction of sp³-hybridized carbons (Fsp3) is 0.542. The molecule has 15 nitrogen and oxygen atoms in total. The minimum atomic E-state index is -1.63. The number of nitrogens with one attached hydrogen (secondary N) is 2. The molecule has 4 rings (SSSR count). The number of nitrogens with zero attached hydrogens (tertiary/aromatic N) is 5. The van der Waals surface area contributed by atoms with Crippen molar-refractivity contribution >= 4 is 29.6 Å². The summed E-state index contributed by atoms with van der Waals surface area (Å²) in [5.41, 5.74) is 1.76. The van der Waals surface area contributed by atoms with E-state index in [-0.39, 0.29) is 48.6 Å². The van der Waals surface area contributed by atoms with Crippen LogP contribution in [0.15, 0.2) is 54.6 Å². The van der Waals surface area contributed by atoms with Crippen molar-refractivity contribution in [2.75, 3.05) is 68.1 Å². The largest absolute Gasteiger partial charge is 0.496 e. The van der Waals surface area contributed by atoms with E-state index in [9.17, 15) is 29.1 Å². The number of methoxy groups -OCH3 is 2. The molecule has 15 heteroatoms. The summed E-state index contributed by atoms with van der Waals surface area (Å²) in [4.78, 5) is 70.8. The van der Waals surface area contributed by atoms with Crippen LogP contribution in [0.2, 0.25) is 0 Å². The zero-order valence-electron chi connectivity index (χ0n) is 38.8. The maximum absolute atomic E-state index is 14.2. The summed E-state index contributed by atoms with van der Waals surface area (Å²) in [6.45, 7) is 15.5. The first-order chi connectivity index (χ1) is 30.0. The Kier molecular flexibility index (Phi) is 18.3. The highest BCUT2D eigenvalue weighted by atomic mass is 16.5. The summed E-state index contributed by atoms with van der Waals surface area (Å²) in [5, 5.41) is 20.9. The molecule has 1 aliphatic carbocycles. The predicted octanol–water partition coefficient (Wildman–Crippen LogP) is 6.55. The third-order valence-corrected chi connectivity index (χ3v) is 12.1. The van der Waals surface area contributed by atoms with Crippen LogP contribution < -0.4 is 20.1 Å². The smallest absolute Gasteiger partial charge is 0.333 e. The standard InChI is InChI=1S/C48H69N7O8/c1-11-24-49-42(56)20-21-43(57)53(7)27-14-25-52(6)26-15-28-54(8)46(59)35-18-19-38(36(30-35)32(3)4)55-39(44-40(62-9)16-13-17-41(44)63-10)31-37(51-55)45(58)50-48(47(60)61)23-22-34(12-2)29-33(48)5/h13,16-19,30-32,34H,5,11-12,14-15,20-29H2,1-4,6-10H3,(H,49,56)(H,50,58)(H,60,61). The summed E-state index contributed by atoms with van der Waals surface area (Å²) in [7, 11) is 8.65. The molecule has 2 aromatic carbocycles. The van der Waals surface area contributed by atoms with Crippen LogP contribution in [0.25, 0.3) is 16.9 Å². The van der Waals surface area contributed by atoms with Crippen molar-refractivity contribution in [1.82, 2.24) is 35.1 Å². The van der Waals surface area contributed by atoms with Crippen LogP contribution in [-0.2, 0) is 14.4 Å². The molecule has 3 aromatic rings. The number of carbonyl (C=O) groups excluding carboxylic acids is 4. The quantitative estimate of drug-likeness (QED) is 0.0887. The van der Waals surface area contributed by atoms with Crippen molar-refractivity contribution in [3.8, 4) is 28.4 Å². The van der Waals surface area contributed by atoms with E-state index in [4.69, 9.17) is 14.6 Å². The molecular weight excluding hydrogens is 803 g/mol. The maximum atomic E-state index is 14.2. The minimum Gasteiger partial charge on any atom is -0.496 e. The third kappa shape index (κ3) is 12.5. The number of amides is 4. The Morgan fingerprint density at radius 3 is 2.16 bits per heavy atom. The topological polar surface area (TPSA) is 176 Å². The lowest BCUT2D eigenvalue weighted by Crippen LogP contribution is -2.57. The van der Waals surface area contributed by atoms with Crippen molar-refractivity contribution in [1.29, 1.82) is 0 Å². The maximum Gasteiger partial charge on any atom is 0.333 e. The van der Waals surface area contributed by atoms with Gasteiger partial charge in [-0.25, -0.2) is 9.48 Å². The summed E-state index contributed by atoms with van der Waals surface area (Å²) in [5.74, 6) is -0.927. The van der Waals surface area contributed by atoms with Crippen LogP contribution in [0.5, 0.6) is 11.5 Å². The van der Waals surface area contributed by atoms with Gasteiger partial charge in [0.05, 0.1) is 31.2 Å². The Labute approximate surface area is 373 Å². The van der Waals surface area contributed by atoms with Crippen molar-refractivity contribution < 1.29 is 38.6 Å². The Balaban J connectivity index is 1.52. The lowest BCUT2D eigenvalue weighted by atomic mass is 9.72. The van der Waals surface area contributed by atoms with Gasteiger partial charge in [0.25, 0.3) is 11.8 Å². The highest BCUT2D eigenvalue weighted by Gasteiger charge is 2.46. The molecular formula is C48H69N7O8. The second-order valence-corrected chi connectivity index (χ2v) is 17.0. The van der Waals surface area contributed by atoms with Crippen LogP contribution in [-0.4, -0.2) is 133 Å². The van der Waals surface area contributed by atoms with E-state index in [1.165, 1.54) is 0 Å². The molecule has 2 atom stereocenters. The van der Waals surface area contributed by atoms with Crippen molar-refractivity contribution in [2.24, 2.45) is 5.92 Å². The molecule has 63 heavy (non-hydrogen) atoms. The van der Waals surface area contributed by atoms with Crippen LogP contribution in [0.4, 0.5) is 0 Å². The number of carboxylic acid groups (broad SMARTS) is 1. The first-order valence-electron chi connectivity index (χ1n) is 22.2. The third-order valence-electron chi connectivity index (χ3n) is 12.1. The Morgan fingerprint density at radius 2 is 1.59 bits per heavy atom. The number of benzene rings is 2. The average molecular weight is 872 g/mol. The summed E-state index contributed by atoms with van der Waals surface area (Å²) in [6.07, 6.45) is 5.03. The van der Waals surface area contributed by atoms with Gasteiger partial charge < -0.3 is 39.9 Å². The van der Waals surface area contributed by atoms with Gasteiger partial charge in [-0.15, -0.1) is 0 Å². The van der Waals surface area contributed by atoms with Crippen molar-refractivity contribution in [3.63, 3.8) is 0 Å². The van der Waals surface area contributed by atoms with E-state index < -0.39 is 17.4 Å². The fourth-order valence-corrected chi connectivity index (χ4v) is 8.07. The predicted molar refractivity (Wildman–Crippen MR) is 245 cm³/mol. The van der Waals surface area contributed by atoms with E-state index in [1.807, 2.05) is 40.0 Å². The van der Waals surface area contributed by atoms with Crippen molar-refractivity contribution in [2.45, 2.75) is 96.9 Å². The molecule has 4 amide bonds. The lowest BCUT2D eigenvalue weighted by Gasteiger charge is -2.39. The van der Waals surface area contributed by atoms with Gasteiger partial charge >= 0.3 is 5.97 Å². The number of hydrogen-bond acceptors (Lipinski definition) is 9. The zero-order chi connectivity index (χ0) is 46.4. The molecule has 0 aliphatic heterocycles. The molecule has 344 valence electrons. The van der Waals surface area contributed by atoms with Crippen LogP contribution >= 0.6 is 0 Å². The van der Waals surface area contributed by atoms with Crippen molar-refractivity contribution in [3.05, 3.63) is 71.4 Å². The van der Waals surface area contributed by atoms with E-state index >= 15 is 0 Å². The SMILES string of the molecule is C=C1CC(CC)CCC1(NC(=O)c1cc(-c2c(OC)cccc2OC)n(-c2ccc(C(=O)N(C)CCCN(C)CCCN(C)C(=O)CCC(=O)NCCC)cc2C(C)C)n1)C(=O)O. The number of carbonyl (C=O) groups is 5. The molecule has 1 aliphatic rings. The number of hydrogen-bond donors (Lipinski definition) is 3. The highest BCUT2D eigenvalue weighted by molar-refractivity contribution is 5.99. The molecule has 0 bridgehead atoms. The summed E-state index contributed by atoms with van der Waals surface area (Å²) in [6, 6.07) is 12.4. The Bertz CT molecular complexity index is 2080. The van der Waals surface area contributed by atoms with E-state index in [0.717, 1.165) is 44.3 Å². The number of carboxylic acids is 1. The Hall–Kier alpha value is -5.70. The second-order valence-electron chi connectivity index (χ2n) is 17.0. The highest BCUT2D eigenvalue weighted by Crippen LogP contribution is 2.41. The monoisotopic (exact) mass is 872 g/mol. The molecule has 1 aromatic heterocycles. The van der Waals surface area contributed by atoms with Crippen LogP contribution in [0.1, 0.15) is 118 Å². The number of rotatable bonds is 23. The molecule has 1 saturated carbocycles. The molecule has 0 spiro atoms. The second kappa shape index (κ2) is 23.1. The first kappa shape index (κ1) is 50.0. The van der Waals surface area contributed by atoms with E-state index in [0.29, 0.717) is 78.0 Å². The van der Waals surface area contributed by atoms with Crippen LogP contribution in [0.3, 0.4) is 0 Å². The molecule has 2 unspecified atom stereocenters. The minimum absolute atomic E-state index is 0.00676. The van der Waals surface area contributed by atoms with Gasteiger partial charge in [-0.2, -0.15) is 5.10 Å². The van der Waals surface area contributed by atoms with Gasteiger partial charge in [-0.1, -0.05) is 46.8 Å². The van der Waals surface area contributed by atoms with Gasteiger partial charge in [0, 0.05) is 52.1 Å². The van der Waals surface area contributed by atoms with Gasteiger partial charge in [0.15, 0.2) is 11.2 Å². The van der Waals surface area contributed by atoms with Crippen LogP contribution in [0, 0.1) is 5.92 Å². The van der Waals surface area contributed by atoms with E-state index in [1.54, 1.807) is 73.1 Å². The molecule has 0 saturated heterocycles. The number of aliphatic carboxylic acids is 1. The summed E-state index contributed by atoms with van der Waals surface area (Å²) >= 11 is 0. The summed E-state index contributed by atoms with van der Waals surface area (Å²) < 4.78 is 13.2. The van der Waals surface area contributed by atoms with Gasteiger partial charge in [0.1, 0.15) is 11.5 Å². The normalized spacial score (nSPS) is 16.2. The lowest BCUT2D eigenvalue weighted by molar-refractivity contribution is -0.144. The first-order valence-corrected chi connectivity index (χ1v) is 22.2. The Morgan fingerprint density at radius 1 is 0.937 bits per heavy atom. The molecule has 1 fully saturated rings. The van der Waals surface area contributed by atoms with E-state index in [2.05, 4.69) is 29.0 Å². The molecule has 3 N–H and O–H groups in total. The van der Waals surface area contributed by atoms with Gasteiger partial charge in [-0.3, -0.25) is 19.2 Å². The van der Waals surface area contributed by atoms with Gasteiger partial charge in [0.2, 0.25) is 11.8 Å². The molecule has 0 radical (unpaired) electrons. The fourth-order valence-electron chi connectivity index (χ4n) is 8.07. The average Bonchev–Trinajstić information content (AvgIpc) is 3.72.